The highest BCUT2D eigenvalue weighted by molar-refractivity contribution is 8.46. The largest absolute Gasteiger partial charge is 0.326 e. The van der Waals surface area contributed by atoms with Crippen LogP contribution in [-0.4, -0.2) is 11.2 Å². The molecule has 0 spiro atoms. The summed E-state index contributed by atoms with van der Waals surface area (Å²) in [6.07, 6.45) is 0. The summed E-state index contributed by atoms with van der Waals surface area (Å²) in [5, 5.41) is 0. The molecule has 0 heterocycles. The van der Waals surface area contributed by atoms with Crippen LogP contribution in [0, 0.1) is 0 Å². The van der Waals surface area contributed by atoms with Crippen LogP contribution >= 0.6 is 19.4 Å². The van der Waals surface area contributed by atoms with Gasteiger partial charge in [-0.05, 0) is 14.4 Å². The van der Waals surface area contributed by atoms with Crippen molar-refractivity contribution in [2.24, 2.45) is 0 Å². The first-order valence-corrected chi connectivity index (χ1v) is 3.88. The van der Waals surface area contributed by atoms with Crippen molar-refractivity contribution in [2.45, 2.75) is 0 Å². The van der Waals surface area contributed by atoms with E-state index in [2.05, 4.69) is 0 Å². The maximum atomic E-state index is 7.80. The average molecular weight is 96.1 g/mol. The molecule has 0 rings (SSSR count). The molecule has 1 nitrogen and oxygen atoms in total. The van der Waals surface area contributed by atoms with Gasteiger partial charge in [-0.15, -0.1) is 0 Å². The molecule has 1 atom stereocenters. The lowest BCUT2D eigenvalue weighted by Crippen LogP contribution is -1.25. The second-order valence-electron chi connectivity index (χ2n) is 0.295. The summed E-state index contributed by atoms with van der Waals surface area (Å²) in [5.74, 6) is 0. The molecule has 0 bridgehead atoms. The first-order valence-electron chi connectivity index (χ1n) is 0.887. The third-order valence-corrected chi connectivity index (χ3v) is 0.822. The highest BCUT2D eigenvalue weighted by Crippen LogP contribution is 2.18. The van der Waals surface area contributed by atoms with Crippen molar-refractivity contribution < 1.29 is 4.55 Å². The Balaban J connectivity index is 1.97. The van der Waals surface area contributed by atoms with Crippen molar-refractivity contribution >= 4 is 19.4 Å². The molecule has 0 aliphatic heterocycles. The van der Waals surface area contributed by atoms with Gasteiger partial charge in [0, 0.05) is 11.7 Å². The summed E-state index contributed by atoms with van der Waals surface area (Å²) < 4.78 is 7.80. The minimum absolute atomic E-state index is 0.613. The molecule has 0 aromatic heterocycles. The van der Waals surface area contributed by atoms with Gasteiger partial charge in [-0.2, -0.15) is 0 Å². The Kier molecular flexibility index (Phi) is 4.43. The van der Waals surface area contributed by atoms with Crippen LogP contribution in [0.4, 0.5) is 0 Å². The van der Waals surface area contributed by atoms with Crippen LogP contribution < -0.4 is 0 Å². The van der Waals surface area contributed by atoms with Crippen molar-refractivity contribution in [1.29, 1.82) is 0 Å². The molecule has 0 aliphatic rings. The Morgan fingerprint density at radius 1 is 2.00 bits per heavy atom. The molecular formula is CH5OPS. The van der Waals surface area contributed by atoms with Gasteiger partial charge in [-0.1, -0.05) is 0 Å². The first kappa shape index (κ1) is 4.74. The third kappa shape index (κ3) is 2.74. The maximum Gasteiger partial charge on any atom is 0.00995 e. The predicted octanol–water partition coefficient (Wildman–Crippen LogP) is 1.42. The smallest absolute Gasteiger partial charge is 0.00995 e. The van der Waals surface area contributed by atoms with Crippen molar-refractivity contribution in [3.63, 3.8) is 0 Å². The molecule has 0 aromatic carbocycles. The van der Waals surface area contributed by atoms with E-state index < -0.39 is 0 Å². The monoisotopic (exact) mass is 96.0 g/mol. The zero-order valence-electron chi connectivity index (χ0n) is 2.36. The normalized spacial score (nSPS) is 10.5. The van der Waals surface area contributed by atoms with Gasteiger partial charge in [0.2, 0.25) is 0 Å². The molecule has 3 heteroatoms. The molecule has 0 saturated carbocycles. The summed E-state index contributed by atoms with van der Waals surface area (Å²) in [7, 11) is 0.613. The molecule has 0 radical (unpaired) electrons. The zero-order chi connectivity index (χ0) is 3.41. The van der Waals surface area contributed by atoms with Crippen molar-refractivity contribution in [2.75, 3.05) is 6.66 Å². The standard InChI is InChI=1S/CH5OPS/c1-3-4-2/h2-3H,1H3. The summed E-state index contributed by atoms with van der Waals surface area (Å²) in [5.41, 5.74) is 0. The SMILES string of the molecule is CPSO. The third-order valence-electron chi connectivity index (χ3n) is 0.0913. The van der Waals surface area contributed by atoms with Crippen molar-refractivity contribution in [3.8, 4) is 0 Å². The molecule has 0 amide bonds. The summed E-state index contributed by atoms with van der Waals surface area (Å²) >= 11 is 0.884. The van der Waals surface area contributed by atoms with Crippen LogP contribution in [0.25, 0.3) is 0 Å². The van der Waals surface area contributed by atoms with Gasteiger partial charge in [-0.25, -0.2) is 0 Å². The zero-order valence-corrected chi connectivity index (χ0v) is 4.17. The lowest BCUT2D eigenvalue weighted by molar-refractivity contribution is 0.676. The molecule has 0 saturated heterocycles. The Morgan fingerprint density at radius 2 is 2.25 bits per heavy atom. The number of hydrogen-bond acceptors (Lipinski definition) is 2. The Hall–Kier alpha value is 0.740. The van der Waals surface area contributed by atoms with E-state index in [1.165, 1.54) is 0 Å². The maximum absolute atomic E-state index is 7.80. The van der Waals surface area contributed by atoms with E-state index in [0.29, 0.717) is 7.78 Å². The van der Waals surface area contributed by atoms with Crippen LogP contribution in [0.15, 0.2) is 0 Å². The van der Waals surface area contributed by atoms with E-state index >= 15 is 0 Å². The minimum atomic E-state index is 0.613. The summed E-state index contributed by atoms with van der Waals surface area (Å²) in [6.45, 7) is 1.92. The Labute approximate surface area is 31.5 Å². The van der Waals surface area contributed by atoms with Crippen molar-refractivity contribution in [3.05, 3.63) is 0 Å². The highest BCUT2D eigenvalue weighted by Gasteiger charge is 1.57. The fourth-order valence-electron chi connectivity index (χ4n) is 0. The lowest BCUT2D eigenvalue weighted by Gasteiger charge is -1.68. The predicted molar refractivity (Wildman–Crippen MR) is 24.5 cm³/mol. The Bertz CT molecular complexity index is 10.0. The van der Waals surface area contributed by atoms with Gasteiger partial charge in [0.1, 0.15) is 0 Å². The molecule has 26 valence electrons. The van der Waals surface area contributed by atoms with Gasteiger partial charge in [0.15, 0.2) is 0 Å². The van der Waals surface area contributed by atoms with E-state index in [1.807, 2.05) is 6.66 Å². The van der Waals surface area contributed by atoms with Gasteiger partial charge in [0.05, 0.1) is 0 Å². The van der Waals surface area contributed by atoms with E-state index in [9.17, 15) is 0 Å². The molecule has 0 aromatic rings. The molecular weight excluding hydrogens is 91.1 g/mol. The van der Waals surface area contributed by atoms with E-state index in [0.717, 1.165) is 11.7 Å². The summed E-state index contributed by atoms with van der Waals surface area (Å²) in [4.78, 5) is 0. The van der Waals surface area contributed by atoms with Crippen LogP contribution in [0.3, 0.4) is 0 Å². The molecule has 1 N–H and O–H groups in total. The fourth-order valence-corrected chi connectivity index (χ4v) is 0. The molecule has 0 fully saturated rings. The highest BCUT2D eigenvalue weighted by atomic mass is 32.7. The van der Waals surface area contributed by atoms with Crippen LogP contribution in [0.2, 0.25) is 0 Å². The van der Waals surface area contributed by atoms with Crippen LogP contribution in [0.1, 0.15) is 0 Å². The number of rotatable bonds is 1. The first-order chi connectivity index (χ1) is 1.91. The second kappa shape index (κ2) is 3.74. The minimum Gasteiger partial charge on any atom is -0.326 e. The molecule has 0 aliphatic carbocycles. The molecule has 1 unspecified atom stereocenters. The van der Waals surface area contributed by atoms with E-state index in [4.69, 9.17) is 4.55 Å². The van der Waals surface area contributed by atoms with Gasteiger partial charge in [-0.3, -0.25) is 0 Å². The van der Waals surface area contributed by atoms with Crippen molar-refractivity contribution in [1.82, 2.24) is 0 Å². The average Bonchev–Trinajstić information content (AvgIpc) is 1.37. The van der Waals surface area contributed by atoms with Gasteiger partial charge < -0.3 is 4.55 Å². The van der Waals surface area contributed by atoms with Gasteiger partial charge in [0.25, 0.3) is 0 Å². The van der Waals surface area contributed by atoms with E-state index in [-0.39, 0.29) is 0 Å². The van der Waals surface area contributed by atoms with E-state index in [1.54, 1.807) is 0 Å². The number of hydrogen-bond donors (Lipinski definition) is 1. The summed E-state index contributed by atoms with van der Waals surface area (Å²) in [6, 6.07) is 0. The lowest BCUT2D eigenvalue weighted by atomic mass is 12.0. The topological polar surface area (TPSA) is 20.2 Å². The fraction of sp³-hybridized carbons (Fsp3) is 1.00. The quantitative estimate of drug-likeness (QED) is 0.393. The molecule has 4 heavy (non-hydrogen) atoms. The Morgan fingerprint density at radius 3 is 2.25 bits per heavy atom. The van der Waals surface area contributed by atoms with Crippen LogP contribution in [0.5, 0.6) is 0 Å². The van der Waals surface area contributed by atoms with Gasteiger partial charge >= 0.3 is 0 Å². The second-order valence-corrected chi connectivity index (χ2v) is 2.66. The van der Waals surface area contributed by atoms with Crippen LogP contribution in [-0.2, 0) is 0 Å².